The van der Waals surface area contributed by atoms with Crippen LogP contribution in [0.15, 0.2) is 115 Å². The normalized spacial score (nSPS) is 14.2. The number of carboxylic acids is 1. The minimum atomic E-state index is -2.36. The van der Waals surface area contributed by atoms with E-state index in [9.17, 15) is 72.9 Å². The lowest BCUT2D eigenvalue weighted by Crippen LogP contribution is -2.66. The van der Waals surface area contributed by atoms with E-state index in [4.69, 9.17) is 16.0 Å². The first-order valence-electron chi connectivity index (χ1n) is 35.5. The number of aliphatic hydroxyl groups is 2. The van der Waals surface area contributed by atoms with E-state index in [1.165, 1.54) is 38.4 Å². The van der Waals surface area contributed by atoms with Gasteiger partial charge in [0.15, 0.2) is 5.82 Å². The molecule has 36 nitrogen and oxygen atoms in total. The molecule has 0 radical (unpaired) electrons. The summed E-state index contributed by atoms with van der Waals surface area (Å²) < 4.78 is 21.4. The van der Waals surface area contributed by atoms with Gasteiger partial charge in [-0.05, 0) is 137 Å². The van der Waals surface area contributed by atoms with Crippen LogP contribution >= 0.6 is 0 Å². The number of azide groups is 1. The number of hydrogen-bond donors (Lipinski definition) is 16. The Morgan fingerprint density at radius 2 is 1.34 bits per heavy atom. The fourth-order valence-electron chi connectivity index (χ4n) is 11.3. The van der Waals surface area contributed by atoms with Crippen LogP contribution in [0.4, 0.5) is 4.39 Å². The molecule has 6 aromatic rings. The number of rotatable bonds is 45. The molecule has 590 valence electrons. The smallest absolute Gasteiger partial charge is 0.305 e. The molecule has 2 heterocycles. The summed E-state index contributed by atoms with van der Waals surface area (Å²) in [6.07, 6.45) is 0.349. The summed E-state index contributed by atoms with van der Waals surface area (Å²) in [6.45, 7) is 8.93. The number of tetrazole rings is 1. The van der Waals surface area contributed by atoms with E-state index in [-0.39, 0.29) is 30.8 Å². The maximum atomic E-state index is 15.5. The number of aromatic nitrogens is 6. The number of nitrogens with zero attached hydrogens (tertiary/aromatic N) is 7. The molecule has 0 aliphatic heterocycles. The van der Waals surface area contributed by atoms with Gasteiger partial charge < -0.3 is 83.9 Å². The van der Waals surface area contributed by atoms with Gasteiger partial charge >= 0.3 is 5.97 Å². The molecule has 0 aliphatic carbocycles. The van der Waals surface area contributed by atoms with Crippen LogP contribution in [0.1, 0.15) is 114 Å². The number of amides is 11. The van der Waals surface area contributed by atoms with E-state index in [1.54, 1.807) is 30.5 Å². The number of H-pyrrole nitrogens is 2. The van der Waals surface area contributed by atoms with Crippen molar-refractivity contribution in [3.8, 4) is 16.9 Å². The Morgan fingerprint density at radius 3 is 1.97 bits per heavy atom. The molecule has 4 aromatic carbocycles. The Bertz CT molecular complexity index is 4180. The minimum absolute atomic E-state index is 0.0584. The number of ether oxygens (including phenoxy) is 1. The van der Waals surface area contributed by atoms with Crippen LogP contribution in [0.2, 0.25) is 0 Å². The monoisotopic (exact) mass is 1530 g/mol. The first kappa shape index (κ1) is 86.7. The number of aliphatic hydroxyl groups excluding tert-OH is 2. The van der Waals surface area contributed by atoms with Crippen molar-refractivity contribution in [3.63, 3.8) is 0 Å². The van der Waals surface area contributed by atoms with Gasteiger partial charge in [-0.2, -0.15) is 5.21 Å². The molecule has 17 N–H and O–H groups in total. The van der Waals surface area contributed by atoms with Gasteiger partial charge in [-0.15, -0.1) is 10.2 Å². The van der Waals surface area contributed by atoms with Crippen molar-refractivity contribution in [2.45, 2.75) is 179 Å². The van der Waals surface area contributed by atoms with Crippen LogP contribution in [-0.4, -0.2) is 203 Å². The molecule has 37 heteroatoms. The number of benzene rings is 4. The van der Waals surface area contributed by atoms with Gasteiger partial charge in [0.1, 0.15) is 64.8 Å². The van der Waals surface area contributed by atoms with Crippen molar-refractivity contribution in [1.29, 1.82) is 0 Å². The summed E-state index contributed by atoms with van der Waals surface area (Å²) in [4.78, 5) is 175. The second kappa shape index (κ2) is 42.3. The van der Waals surface area contributed by atoms with Gasteiger partial charge in [0.2, 0.25) is 65.0 Å². The van der Waals surface area contributed by atoms with Crippen LogP contribution in [0, 0.1) is 11.2 Å². The number of nitrogens with one attached hydrogen (secondary N) is 12. The second-order valence-corrected chi connectivity index (χ2v) is 26.9. The highest BCUT2D eigenvalue weighted by atomic mass is 19.1. The lowest BCUT2D eigenvalue weighted by molar-refractivity contribution is -0.143. The van der Waals surface area contributed by atoms with Gasteiger partial charge in [0.25, 0.3) is 0 Å². The summed E-state index contributed by atoms with van der Waals surface area (Å²) in [5, 5.41) is 73.0. The summed E-state index contributed by atoms with van der Waals surface area (Å²) >= 11 is 0. The highest BCUT2D eigenvalue weighted by Crippen LogP contribution is 2.29. The molecular weight excluding hydrogens is 1430 g/mol. The van der Waals surface area contributed by atoms with Crippen molar-refractivity contribution >= 4 is 70.9 Å². The van der Waals surface area contributed by atoms with Crippen LogP contribution in [0.5, 0.6) is 5.75 Å². The number of aromatic amines is 2. The number of aryl methyl sites for hydroxylation is 2. The third kappa shape index (κ3) is 26.9. The van der Waals surface area contributed by atoms with E-state index in [1.807, 2.05) is 55.5 Å². The van der Waals surface area contributed by atoms with E-state index < -0.39 is 168 Å². The van der Waals surface area contributed by atoms with Crippen LogP contribution < -0.4 is 63.6 Å². The van der Waals surface area contributed by atoms with Crippen molar-refractivity contribution in [2.75, 3.05) is 26.2 Å². The topological polar surface area (TPSA) is 553 Å². The number of hydrogen-bond acceptors (Lipinski definition) is 20. The molecule has 10 atom stereocenters. The quantitative estimate of drug-likeness (QED) is 0.00805. The van der Waals surface area contributed by atoms with Crippen LogP contribution in [0.25, 0.3) is 21.6 Å². The van der Waals surface area contributed by atoms with E-state index >= 15 is 4.39 Å². The van der Waals surface area contributed by atoms with Gasteiger partial charge in [-0.3, -0.25) is 57.5 Å². The molecule has 0 saturated carbocycles. The molecule has 0 bridgehead atoms. The number of unbranched alkanes of at least 4 members (excludes halogenated alkanes) is 1. The maximum absolute atomic E-state index is 15.5. The molecule has 2 aromatic heterocycles. The molecule has 0 fully saturated rings. The van der Waals surface area contributed by atoms with Gasteiger partial charge in [0, 0.05) is 55.6 Å². The number of halogens is 1. The average molecular weight is 1530 g/mol. The van der Waals surface area contributed by atoms with Crippen molar-refractivity contribution in [1.82, 2.24) is 83.8 Å². The number of nitrogens with two attached hydrogens (primary N) is 1. The van der Waals surface area contributed by atoms with Crippen LogP contribution in [-0.2, 0) is 96.1 Å². The third-order valence-corrected chi connectivity index (χ3v) is 17.7. The molecule has 1 unspecified atom stereocenters. The van der Waals surface area contributed by atoms with Gasteiger partial charge in [0.05, 0.1) is 38.1 Å². The van der Waals surface area contributed by atoms with Crippen molar-refractivity contribution < 1.29 is 82.0 Å². The van der Waals surface area contributed by atoms with E-state index in [0.717, 1.165) is 56.0 Å². The molecule has 110 heavy (non-hydrogen) atoms. The zero-order chi connectivity index (χ0) is 80.7. The zero-order valence-corrected chi connectivity index (χ0v) is 61.9. The molecule has 0 saturated heterocycles. The van der Waals surface area contributed by atoms with Gasteiger partial charge in [-0.1, -0.05) is 96.1 Å². The fraction of sp³-hybridized carbons (Fsp3) is 0.452. The summed E-state index contributed by atoms with van der Waals surface area (Å²) in [6, 6.07) is 15.1. The molecule has 6 rings (SSSR count). The Hall–Kier alpha value is -12.2. The lowest BCUT2D eigenvalue weighted by Gasteiger charge is -2.34. The number of aliphatic carboxylic acids is 1. The molecule has 11 amide bonds. The van der Waals surface area contributed by atoms with Gasteiger partial charge in [-0.25, -0.2) is 9.37 Å². The summed E-state index contributed by atoms with van der Waals surface area (Å²) in [5.41, 5.74) is 14.8. The van der Waals surface area contributed by atoms with Crippen molar-refractivity contribution in [2.24, 2.45) is 16.3 Å². The van der Waals surface area contributed by atoms with E-state index in [2.05, 4.69) is 93.8 Å². The van der Waals surface area contributed by atoms with E-state index in [0.29, 0.717) is 68.7 Å². The zero-order valence-electron chi connectivity index (χ0n) is 61.9. The second-order valence-electron chi connectivity index (χ2n) is 26.9. The maximum Gasteiger partial charge on any atom is 0.305 e. The predicted molar refractivity (Wildman–Crippen MR) is 394 cm³/mol. The first-order chi connectivity index (χ1) is 52.3. The molecule has 0 spiro atoms. The minimum Gasteiger partial charge on any atom is -0.494 e. The Morgan fingerprint density at radius 1 is 0.673 bits per heavy atom. The first-order valence-corrected chi connectivity index (χ1v) is 35.5. The highest BCUT2D eigenvalue weighted by molar-refractivity contribution is 6.06. The Balaban J connectivity index is 1.15. The Kier molecular flexibility index (Phi) is 33.4. The summed E-state index contributed by atoms with van der Waals surface area (Å²) in [7, 11) is 0. The number of primary amides is 1. The number of imidazole rings is 1. The fourth-order valence-corrected chi connectivity index (χ4v) is 11.3. The number of carboxylic acid groups (broad SMARTS) is 1. The number of carbonyl (C=O) groups excluding carboxylic acids is 11. The SMILES string of the molecule is CCc1cc(OCCCCN=[N+]=[N-])ccc1-c1ccc(C[C@H](NC(=O)[C@H](CC(=O)O)NC(=O)[C@H](C)NC(=O)[C@@H](NC(=O)C(C)(Cc2ccccc2F)NC(=O)[C@@H](NC(=O)CNC(=O)[C@H](Cc2nn[nH]n2)NC(=O)C(C)(C)C(=O)NCCc2cnc[nH]2)[C@@H](C)O)[C@@H](C)O)C(=O)N[C@@H](CCCc2ccccc2)C(N)=O)cc1. The molecular formula is C73H95FN20O16. The van der Waals surface area contributed by atoms with Crippen molar-refractivity contribution in [3.05, 3.63) is 160 Å². The highest BCUT2D eigenvalue weighted by Gasteiger charge is 2.43. The summed E-state index contributed by atoms with van der Waals surface area (Å²) in [5.74, 6) is -13.6. The predicted octanol–water partition coefficient (Wildman–Crippen LogP) is 0.323. The standard InChI is InChI=1S/C73H95FN20O16/c1-8-46-34-50(110-32-15-14-30-81-92-76)27-28-51(46)47-25-23-45(24-26-47)33-54(65(103)83-53(62(75)100)22-16-19-44-17-10-9-11-18-44)85-66(104)56(36-59(98)99)84-63(101)41(2)82-67(105)60(42(3)95)88-71(109)73(7,37-48-20-12-13-21-52(48)74)89-68(106)61(43(4)96)87-58(97)39-79-64(102)55(35-57-90-93-94-91-57)86-70(108)72(5,6)69(107)78-31-29-49-38-77-40-80-49/h9-13,17-18,20-21,23-28,34,38,40-43,53-56,60-61,95-96H,8,14-16,19,22,29-33,35-37,39H2,1-7H3,(H2,75,100)(H,77,80)(H,78,107)(H,79,102)(H,82,105)(H,83,103)(H,84,101)(H,85,104)(H,86,108)(H,87,97)(H,88,109)(H,89,106)(H,98,99)(H,90,91,93,94)/t41-,42+,43+,53-,54-,55-,56-,60-,61-,73?/m0/s1. The lowest BCUT2D eigenvalue weighted by atomic mass is 9.90. The molecule has 0 aliphatic rings. The average Bonchev–Trinajstić information content (AvgIpc) is 1.06. The third-order valence-electron chi connectivity index (χ3n) is 17.7. The van der Waals surface area contributed by atoms with Crippen LogP contribution in [0.3, 0.4) is 0 Å². The Labute approximate surface area is 632 Å². The largest absolute Gasteiger partial charge is 0.494 e. The number of carbonyl (C=O) groups is 12.